The maximum Gasteiger partial charge on any atom is 0.337 e. The van der Waals surface area contributed by atoms with Gasteiger partial charge < -0.3 is 25.4 Å². The average molecular weight is 475 g/mol. The van der Waals surface area contributed by atoms with E-state index in [2.05, 4.69) is 10.6 Å². The number of aliphatic carboxylic acids is 1. The Morgan fingerprint density at radius 2 is 1.88 bits per heavy atom. The third kappa shape index (κ3) is 5.43. The molecule has 0 aliphatic carbocycles. The van der Waals surface area contributed by atoms with Crippen LogP contribution in [0.15, 0.2) is 48.5 Å². The van der Waals surface area contributed by atoms with Crippen molar-refractivity contribution in [1.82, 2.24) is 10.2 Å². The molecule has 1 aliphatic rings. The lowest BCUT2D eigenvalue weighted by molar-refractivity contribution is -0.148. The number of carboxylic acid groups (broad SMARTS) is 1. The molecule has 3 N–H and O–H groups in total. The maximum absolute atomic E-state index is 14.6. The molecule has 1 aliphatic heterocycles. The molecule has 11 heteroatoms. The van der Waals surface area contributed by atoms with Gasteiger partial charge in [-0.25, -0.2) is 14.0 Å². The molecule has 2 aromatic carbocycles. The summed E-state index contributed by atoms with van der Waals surface area (Å²) in [5.74, 6) is -3.68. The molecule has 174 valence electrons. The number of hydrogen-bond donors (Lipinski definition) is 3. The highest BCUT2D eigenvalue weighted by Crippen LogP contribution is 2.46. The number of hydrogen-bond acceptors (Lipinski definition) is 6. The number of esters is 1. The van der Waals surface area contributed by atoms with E-state index in [9.17, 15) is 28.7 Å². The Kier molecular flexibility index (Phi) is 7.54. The molecular formula is C22H22FN3O6S. The zero-order chi connectivity index (χ0) is 24.1. The lowest BCUT2D eigenvalue weighted by Gasteiger charge is -2.29. The van der Waals surface area contributed by atoms with Gasteiger partial charge in [0.05, 0.1) is 19.7 Å². The van der Waals surface area contributed by atoms with Crippen molar-refractivity contribution in [3.63, 3.8) is 0 Å². The van der Waals surface area contributed by atoms with Crippen molar-refractivity contribution in [2.45, 2.75) is 23.6 Å². The van der Waals surface area contributed by atoms with Crippen molar-refractivity contribution < 1.29 is 33.4 Å². The first kappa shape index (κ1) is 24.1. The van der Waals surface area contributed by atoms with E-state index < -0.39 is 52.9 Å². The number of methoxy groups -OCH3 is 1. The van der Waals surface area contributed by atoms with Gasteiger partial charge in [0.2, 0.25) is 5.91 Å². The molecule has 0 aromatic heterocycles. The average Bonchev–Trinajstić information content (AvgIpc) is 3.18. The van der Waals surface area contributed by atoms with Crippen molar-refractivity contribution in [2.75, 3.05) is 19.0 Å². The highest BCUT2D eigenvalue weighted by Gasteiger charge is 2.52. The minimum atomic E-state index is -1.48. The van der Waals surface area contributed by atoms with Crippen molar-refractivity contribution in [2.24, 2.45) is 0 Å². The number of nitrogens with zero attached hydrogens (tertiary/aromatic N) is 1. The Balaban J connectivity index is 1.83. The Hall–Kier alpha value is -3.60. The predicted octanol–water partition coefficient (Wildman–Crippen LogP) is 2.52. The quantitative estimate of drug-likeness (QED) is 0.548. The molecule has 9 nitrogen and oxygen atoms in total. The summed E-state index contributed by atoms with van der Waals surface area (Å²) in [5, 5.41) is 12.0. The van der Waals surface area contributed by atoms with Gasteiger partial charge in [0.1, 0.15) is 11.1 Å². The fourth-order valence-electron chi connectivity index (χ4n) is 3.51. The van der Waals surface area contributed by atoms with Crippen molar-refractivity contribution >= 4 is 41.3 Å². The summed E-state index contributed by atoms with van der Waals surface area (Å²) in [6.45, 7) is 1.28. The number of nitrogens with one attached hydrogen (secondary N) is 2. The van der Waals surface area contributed by atoms with Gasteiger partial charge in [-0.3, -0.25) is 9.59 Å². The molecule has 0 saturated carbocycles. The number of ether oxygens (including phenoxy) is 1. The van der Waals surface area contributed by atoms with Crippen LogP contribution in [0.25, 0.3) is 0 Å². The number of halogens is 1. The predicted molar refractivity (Wildman–Crippen MR) is 119 cm³/mol. The number of carboxylic acids is 1. The summed E-state index contributed by atoms with van der Waals surface area (Å²) in [6.07, 6.45) is 0. The van der Waals surface area contributed by atoms with Crippen molar-refractivity contribution in [3.05, 3.63) is 65.5 Å². The minimum Gasteiger partial charge on any atom is -0.479 e. The van der Waals surface area contributed by atoms with Crippen LogP contribution < -0.4 is 10.6 Å². The van der Waals surface area contributed by atoms with Crippen molar-refractivity contribution in [1.29, 1.82) is 0 Å². The van der Waals surface area contributed by atoms with Crippen LogP contribution in [0.4, 0.5) is 14.9 Å². The number of thioether (sulfide) groups is 1. The van der Waals surface area contributed by atoms with Crippen LogP contribution in [0.1, 0.15) is 17.2 Å². The molecular weight excluding hydrogens is 453 g/mol. The van der Waals surface area contributed by atoms with Crippen LogP contribution in [0.3, 0.4) is 0 Å². The molecule has 0 spiro atoms. The zero-order valence-electron chi connectivity index (χ0n) is 17.8. The van der Waals surface area contributed by atoms with Gasteiger partial charge in [-0.05, 0) is 30.7 Å². The van der Waals surface area contributed by atoms with Gasteiger partial charge >= 0.3 is 18.0 Å². The minimum absolute atomic E-state index is 0.0262. The molecule has 3 amide bonds. The Bertz CT molecular complexity index is 1080. The number of benzene rings is 2. The van der Waals surface area contributed by atoms with E-state index in [1.54, 1.807) is 18.2 Å². The summed E-state index contributed by atoms with van der Waals surface area (Å²) in [7, 11) is 1.12. The van der Waals surface area contributed by atoms with E-state index in [0.29, 0.717) is 17.4 Å². The first-order valence-electron chi connectivity index (χ1n) is 9.86. The van der Waals surface area contributed by atoms with Crippen LogP contribution in [0.5, 0.6) is 0 Å². The second-order valence-electron chi connectivity index (χ2n) is 7.21. The molecule has 3 rings (SSSR count). The second-order valence-corrected chi connectivity index (χ2v) is 8.44. The van der Waals surface area contributed by atoms with E-state index >= 15 is 0 Å². The Morgan fingerprint density at radius 1 is 1.15 bits per heavy atom. The largest absolute Gasteiger partial charge is 0.479 e. The van der Waals surface area contributed by atoms with Gasteiger partial charge in [-0.15, -0.1) is 11.8 Å². The van der Waals surface area contributed by atoms with Gasteiger partial charge in [0, 0.05) is 11.3 Å². The van der Waals surface area contributed by atoms with Crippen LogP contribution >= 0.6 is 11.8 Å². The number of carbonyl (C=O) groups excluding carboxylic acids is 3. The van der Waals surface area contributed by atoms with Gasteiger partial charge in [0.15, 0.2) is 5.37 Å². The number of anilines is 1. The Labute approximate surface area is 193 Å². The third-order valence-corrected chi connectivity index (χ3v) is 6.38. The fourth-order valence-corrected chi connectivity index (χ4v) is 4.92. The molecule has 33 heavy (non-hydrogen) atoms. The first-order chi connectivity index (χ1) is 15.7. The number of urea groups is 1. The molecule has 0 unspecified atom stereocenters. The maximum atomic E-state index is 14.6. The molecule has 2 aromatic rings. The highest BCUT2D eigenvalue weighted by atomic mass is 32.2. The van der Waals surface area contributed by atoms with Crippen LogP contribution in [0, 0.1) is 12.7 Å². The molecule has 1 heterocycles. The van der Waals surface area contributed by atoms with Crippen LogP contribution in [-0.4, -0.2) is 58.2 Å². The van der Waals surface area contributed by atoms with E-state index in [1.807, 2.05) is 13.0 Å². The van der Waals surface area contributed by atoms with E-state index in [4.69, 9.17) is 4.74 Å². The van der Waals surface area contributed by atoms with Crippen molar-refractivity contribution in [3.8, 4) is 0 Å². The van der Waals surface area contributed by atoms with E-state index in [0.717, 1.165) is 23.6 Å². The molecule has 3 atom stereocenters. The fraction of sp³-hybridized carbons (Fsp3) is 0.273. The number of carbonyl (C=O) groups is 4. The smallest absolute Gasteiger partial charge is 0.337 e. The first-order valence-corrected chi connectivity index (χ1v) is 10.8. The molecule has 1 saturated heterocycles. The summed E-state index contributed by atoms with van der Waals surface area (Å²) < 4.78 is 19.4. The normalized spacial score (nSPS) is 19.6. The standard InChI is InChI=1S/C22H22FN3O6S/c1-12-6-5-7-13(10-12)25-22(31)24-11-16(27)26-17(14-8-3-4-9-15(14)23)18(21(30)32-2)33-19(26)20(28)29/h3-10,17-19H,11H2,1-2H3,(H,28,29)(H2,24,25,31)/t17-,18-,19-/m0/s1. The van der Waals surface area contributed by atoms with Crippen LogP contribution in [0.2, 0.25) is 0 Å². The summed E-state index contributed by atoms with van der Waals surface area (Å²) in [6, 6.07) is 10.6. The zero-order valence-corrected chi connectivity index (χ0v) is 18.6. The molecule has 1 fully saturated rings. The van der Waals surface area contributed by atoms with E-state index in [1.165, 1.54) is 18.2 Å². The summed E-state index contributed by atoms with van der Waals surface area (Å²) in [5.41, 5.74) is 1.40. The molecule has 0 radical (unpaired) electrons. The van der Waals surface area contributed by atoms with Gasteiger partial charge in [-0.2, -0.15) is 0 Å². The number of aryl methyl sites for hydroxylation is 1. The number of rotatable bonds is 6. The Morgan fingerprint density at radius 3 is 2.52 bits per heavy atom. The molecule has 0 bridgehead atoms. The SMILES string of the molecule is COC(=O)[C@H]1S[C@@H](C(=O)O)N(C(=O)CNC(=O)Nc2cccc(C)c2)[C@H]1c1ccccc1F. The van der Waals surface area contributed by atoms with Crippen LogP contribution in [-0.2, 0) is 19.1 Å². The topological polar surface area (TPSA) is 125 Å². The van der Waals surface area contributed by atoms with E-state index in [-0.39, 0.29) is 5.56 Å². The second kappa shape index (κ2) is 10.3. The third-order valence-electron chi connectivity index (χ3n) is 4.95. The monoisotopic (exact) mass is 475 g/mol. The lowest BCUT2D eigenvalue weighted by atomic mass is 10.0. The summed E-state index contributed by atoms with van der Waals surface area (Å²) in [4.78, 5) is 50.4. The summed E-state index contributed by atoms with van der Waals surface area (Å²) >= 11 is 0.674. The number of amides is 3. The highest BCUT2D eigenvalue weighted by molar-refractivity contribution is 8.02. The van der Waals surface area contributed by atoms with Gasteiger partial charge in [0.25, 0.3) is 0 Å². The van der Waals surface area contributed by atoms with Gasteiger partial charge in [-0.1, -0.05) is 30.3 Å². The lowest BCUT2D eigenvalue weighted by Crippen LogP contribution is -2.47.